The average Bonchev–Trinajstić information content (AvgIpc) is 2.54. The first-order chi connectivity index (χ1) is 10.5. The molecule has 0 atom stereocenters. The summed E-state index contributed by atoms with van der Waals surface area (Å²) in [4.78, 5) is 13.5. The normalized spacial score (nSPS) is 16.2. The Morgan fingerprint density at radius 1 is 1.27 bits per heavy atom. The summed E-state index contributed by atoms with van der Waals surface area (Å²) < 4.78 is 29.8. The Kier molecular flexibility index (Phi) is 5.70. The summed E-state index contributed by atoms with van der Waals surface area (Å²) in [5.74, 6) is -0.256. The van der Waals surface area contributed by atoms with Gasteiger partial charge in [-0.2, -0.15) is 0 Å². The molecule has 0 aliphatic carbocycles. The number of carbonyl (C=O) groups excluding carboxylic acids is 1. The second kappa shape index (κ2) is 7.53. The molecule has 1 N–H and O–H groups in total. The third-order valence-electron chi connectivity index (χ3n) is 3.45. The molecule has 0 radical (unpaired) electrons. The monoisotopic (exact) mass is 324 g/mol. The topological polar surface area (TPSA) is 75.7 Å². The summed E-state index contributed by atoms with van der Waals surface area (Å²) in [6, 6.07) is 6.16. The third kappa shape index (κ3) is 4.66. The number of hydrogen-bond acceptors (Lipinski definition) is 5. The fourth-order valence-electron chi connectivity index (χ4n) is 2.13. The maximum atomic E-state index is 12.3. The summed E-state index contributed by atoms with van der Waals surface area (Å²) in [5, 5.41) is 2.58. The Bertz CT molecular complexity index is 619. The average molecular weight is 324 g/mol. The predicted molar refractivity (Wildman–Crippen MR) is 84.6 cm³/mol. The number of carbonyl (C=O) groups is 1. The maximum absolute atomic E-state index is 12.3. The molecule has 7 heteroatoms. The number of rotatable bonds is 6. The van der Waals surface area contributed by atoms with Crippen LogP contribution in [0.4, 0.5) is 5.69 Å². The van der Waals surface area contributed by atoms with Gasteiger partial charge in [-0.15, -0.1) is 0 Å². The van der Waals surface area contributed by atoms with Crippen molar-refractivity contribution < 1.29 is 17.9 Å². The standard InChI is InChI=1S/C15H20N2O4S/c1-2-15(18)16-13-3-5-14(6-4-13)22(19,20)12-9-17-7-10-21-11-8-17/h2-6H,1,7-12H2,(H,16,18). The van der Waals surface area contributed by atoms with Gasteiger partial charge < -0.3 is 10.1 Å². The number of anilines is 1. The van der Waals surface area contributed by atoms with E-state index < -0.39 is 9.84 Å². The van der Waals surface area contributed by atoms with Crippen LogP contribution in [0.1, 0.15) is 0 Å². The summed E-state index contributed by atoms with van der Waals surface area (Å²) in [7, 11) is -3.33. The molecule has 1 aliphatic heterocycles. The second-order valence-electron chi connectivity index (χ2n) is 4.99. The zero-order chi connectivity index (χ0) is 16.0. The Morgan fingerprint density at radius 2 is 1.91 bits per heavy atom. The molecule has 1 aromatic carbocycles. The third-order valence-corrected chi connectivity index (χ3v) is 5.16. The first-order valence-electron chi connectivity index (χ1n) is 7.07. The molecule has 2 rings (SSSR count). The van der Waals surface area contributed by atoms with E-state index in [-0.39, 0.29) is 16.6 Å². The minimum atomic E-state index is -3.33. The summed E-state index contributed by atoms with van der Waals surface area (Å²) in [6.45, 7) is 6.69. The van der Waals surface area contributed by atoms with Crippen LogP contribution in [0.2, 0.25) is 0 Å². The SMILES string of the molecule is C=CC(=O)Nc1ccc(S(=O)(=O)CCN2CCOCC2)cc1. The van der Waals surface area contributed by atoms with Gasteiger partial charge >= 0.3 is 0 Å². The molecule has 1 saturated heterocycles. The molecule has 0 aromatic heterocycles. The van der Waals surface area contributed by atoms with E-state index in [0.717, 1.165) is 19.2 Å². The fourth-order valence-corrected chi connectivity index (χ4v) is 3.42. The van der Waals surface area contributed by atoms with Crippen LogP contribution in [0, 0.1) is 0 Å². The van der Waals surface area contributed by atoms with Crippen LogP contribution in [0.25, 0.3) is 0 Å². The predicted octanol–water partition coefficient (Wildman–Crippen LogP) is 0.917. The lowest BCUT2D eigenvalue weighted by molar-refractivity contribution is -0.111. The molecule has 1 fully saturated rings. The molecule has 0 unspecified atom stereocenters. The number of benzene rings is 1. The molecular formula is C15H20N2O4S. The van der Waals surface area contributed by atoms with Crippen molar-refractivity contribution in [1.29, 1.82) is 0 Å². The highest BCUT2D eigenvalue weighted by Gasteiger charge is 2.18. The minimum absolute atomic E-state index is 0.0748. The first kappa shape index (κ1) is 16.7. The van der Waals surface area contributed by atoms with E-state index in [1.807, 2.05) is 0 Å². The van der Waals surface area contributed by atoms with E-state index in [9.17, 15) is 13.2 Å². The van der Waals surface area contributed by atoms with Crippen molar-refractivity contribution in [2.24, 2.45) is 0 Å². The lowest BCUT2D eigenvalue weighted by Crippen LogP contribution is -2.39. The van der Waals surface area contributed by atoms with Gasteiger partial charge in [-0.25, -0.2) is 8.42 Å². The summed E-state index contributed by atoms with van der Waals surface area (Å²) in [6.07, 6.45) is 1.16. The second-order valence-corrected chi connectivity index (χ2v) is 7.10. The highest BCUT2D eigenvalue weighted by atomic mass is 32.2. The number of hydrogen-bond donors (Lipinski definition) is 1. The fraction of sp³-hybridized carbons (Fsp3) is 0.400. The number of amides is 1. The van der Waals surface area contributed by atoms with Gasteiger partial charge in [0.2, 0.25) is 5.91 Å². The number of morpholine rings is 1. The van der Waals surface area contributed by atoms with Crippen LogP contribution >= 0.6 is 0 Å². The lowest BCUT2D eigenvalue weighted by Gasteiger charge is -2.26. The molecule has 1 heterocycles. The van der Waals surface area contributed by atoms with Crippen LogP contribution in [-0.4, -0.2) is 57.8 Å². The number of nitrogens with one attached hydrogen (secondary N) is 1. The Labute approximate surface area is 130 Å². The molecule has 1 aliphatic rings. The zero-order valence-corrected chi connectivity index (χ0v) is 13.1. The number of nitrogens with zero attached hydrogens (tertiary/aromatic N) is 1. The molecule has 6 nitrogen and oxygen atoms in total. The van der Waals surface area contributed by atoms with Gasteiger partial charge in [-0.1, -0.05) is 6.58 Å². The van der Waals surface area contributed by atoms with E-state index in [2.05, 4.69) is 16.8 Å². The van der Waals surface area contributed by atoms with Crippen molar-refractivity contribution in [2.75, 3.05) is 43.9 Å². The first-order valence-corrected chi connectivity index (χ1v) is 8.73. The van der Waals surface area contributed by atoms with Gasteiger partial charge in [-0.05, 0) is 30.3 Å². The maximum Gasteiger partial charge on any atom is 0.247 e. The molecule has 120 valence electrons. The Morgan fingerprint density at radius 3 is 2.50 bits per heavy atom. The van der Waals surface area contributed by atoms with Crippen LogP contribution in [0.3, 0.4) is 0 Å². The summed E-state index contributed by atoms with van der Waals surface area (Å²) >= 11 is 0. The van der Waals surface area contributed by atoms with E-state index in [4.69, 9.17) is 4.74 Å². The van der Waals surface area contributed by atoms with Crippen LogP contribution in [-0.2, 0) is 19.4 Å². The summed E-state index contributed by atoms with van der Waals surface area (Å²) in [5.41, 5.74) is 0.539. The van der Waals surface area contributed by atoms with E-state index in [1.165, 1.54) is 12.1 Å². The zero-order valence-electron chi connectivity index (χ0n) is 12.3. The van der Waals surface area contributed by atoms with Crippen molar-refractivity contribution >= 4 is 21.4 Å². The highest BCUT2D eigenvalue weighted by molar-refractivity contribution is 7.91. The van der Waals surface area contributed by atoms with Gasteiger partial charge in [0.05, 0.1) is 23.9 Å². The van der Waals surface area contributed by atoms with Crippen molar-refractivity contribution in [1.82, 2.24) is 4.90 Å². The van der Waals surface area contributed by atoms with Crippen LogP contribution in [0.5, 0.6) is 0 Å². The van der Waals surface area contributed by atoms with Crippen molar-refractivity contribution in [2.45, 2.75) is 4.90 Å². The van der Waals surface area contributed by atoms with Gasteiger partial charge in [0.15, 0.2) is 9.84 Å². The van der Waals surface area contributed by atoms with Gasteiger partial charge in [0, 0.05) is 25.3 Å². The van der Waals surface area contributed by atoms with Crippen molar-refractivity contribution in [3.05, 3.63) is 36.9 Å². The minimum Gasteiger partial charge on any atom is -0.379 e. The largest absolute Gasteiger partial charge is 0.379 e. The molecule has 22 heavy (non-hydrogen) atoms. The molecule has 0 saturated carbocycles. The van der Waals surface area contributed by atoms with Crippen molar-refractivity contribution in [3.63, 3.8) is 0 Å². The molecule has 1 aromatic rings. The smallest absolute Gasteiger partial charge is 0.247 e. The number of sulfone groups is 1. The lowest BCUT2D eigenvalue weighted by atomic mass is 10.3. The van der Waals surface area contributed by atoms with Crippen LogP contribution in [0.15, 0.2) is 41.8 Å². The van der Waals surface area contributed by atoms with Gasteiger partial charge in [-0.3, -0.25) is 9.69 Å². The molecule has 0 spiro atoms. The Balaban J connectivity index is 1.96. The number of ether oxygens (including phenoxy) is 1. The molecular weight excluding hydrogens is 304 g/mol. The van der Waals surface area contributed by atoms with Crippen LogP contribution < -0.4 is 5.32 Å². The quantitative estimate of drug-likeness (QED) is 0.788. The molecule has 0 bridgehead atoms. The van der Waals surface area contributed by atoms with Crippen molar-refractivity contribution in [3.8, 4) is 0 Å². The van der Waals surface area contributed by atoms with Gasteiger partial charge in [0.1, 0.15) is 0 Å². The van der Waals surface area contributed by atoms with E-state index in [0.29, 0.717) is 25.4 Å². The van der Waals surface area contributed by atoms with Gasteiger partial charge in [0.25, 0.3) is 0 Å². The van der Waals surface area contributed by atoms with E-state index in [1.54, 1.807) is 12.1 Å². The Hall–Kier alpha value is -1.70. The van der Waals surface area contributed by atoms with E-state index >= 15 is 0 Å². The molecule has 1 amide bonds. The highest BCUT2D eigenvalue weighted by Crippen LogP contribution is 2.16.